The summed E-state index contributed by atoms with van der Waals surface area (Å²) >= 11 is 1.67. The molecular weight excluding hydrogens is 352 g/mol. The molecule has 0 atom stereocenters. The van der Waals surface area contributed by atoms with Crippen molar-refractivity contribution in [3.8, 4) is 32.3 Å². The van der Waals surface area contributed by atoms with Crippen LogP contribution < -0.4 is 4.90 Å². The Labute approximate surface area is 163 Å². The molecule has 2 aromatic heterocycles. The third kappa shape index (κ3) is 3.59. The van der Waals surface area contributed by atoms with Crippen LogP contribution in [0.25, 0.3) is 32.3 Å². The zero-order valence-electron chi connectivity index (χ0n) is 15.5. The van der Waals surface area contributed by atoms with Gasteiger partial charge < -0.3 is 4.90 Å². The number of hydrogen-bond acceptors (Lipinski definition) is 5. The van der Waals surface area contributed by atoms with Gasteiger partial charge in [-0.2, -0.15) is 0 Å². The van der Waals surface area contributed by atoms with Crippen LogP contribution in [0.5, 0.6) is 0 Å². The zero-order valence-corrected chi connectivity index (χ0v) is 16.4. The SMILES string of the molecule is Cc1nc(-c2ccc(-c3ccccc3)cc2)sc1-c1ccnc(N(C)C)n1. The maximum atomic E-state index is 4.78. The topological polar surface area (TPSA) is 41.9 Å². The first-order valence-electron chi connectivity index (χ1n) is 8.76. The van der Waals surface area contributed by atoms with Crippen molar-refractivity contribution in [2.45, 2.75) is 6.92 Å². The number of nitrogens with zero attached hydrogens (tertiary/aromatic N) is 4. The van der Waals surface area contributed by atoms with Crippen molar-refractivity contribution in [3.63, 3.8) is 0 Å². The van der Waals surface area contributed by atoms with Crippen molar-refractivity contribution in [3.05, 3.63) is 72.6 Å². The first-order chi connectivity index (χ1) is 13.1. The van der Waals surface area contributed by atoms with Crippen LogP contribution in [0.4, 0.5) is 5.95 Å². The summed E-state index contributed by atoms with van der Waals surface area (Å²) in [7, 11) is 3.89. The quantitative estimate of drug-likeness (QED) is 0.487. The van der Waals surface area contributed by atoms with Crippen LogP contribution in [0.1, 0.15) is 5.69 Å². The summed E-state index contributed by atoms with van der Waals surface area (Å²) in [6.45, 7) is 2.03. The van der Waals surface area contributed by atoms with E-state index in [9.17, 15) is 0 Å². The number of anilines is 1. The lowest BCUT2D eigenvalue weighted by Crippen LogP contribution is -2.12. The Bertz CT molecular complexity index is 1050. The molecule has 0 radical (unpaired) electrons. The highest BCUT2D eigenvalue weighted by molar-refractivity contribution is 7.18. The highest BCUT2D eigenvalue weighted by atomic mass is 32.1. The molecule has 0 saturated heterocycles. The van der Waals surface area contributed by atoms with Crippen molar-refractivity contribution in [2.75, 3.05) is 19.0 Å². The monoisotopic (exact) mass is 372 g/mol. The van der Waals surface area contributed by atoms with Gasteiger partial charge in [0, 0.05) is 25.9 Å². The summed E-state index contributed by atoms with van der Waals surface area (Å²) in [6.07, 6.45) is 1.80. The van der Waals surface area contributed by atoms with Gasteiger partial charge in [-0.05, 0) is 24.1 Å². The fraction of sp³-hybridized carbons (Fsp3) is 0.136. The summed E-state index contributed by atoms with van der Waals surface area (Å²) in [4.78, 5) is 16.7. The second-order valence-corrected chi connectivity index (χ2v) is 7.51. The summed E-state index contributed by atoms with van der Waals surface area (Å²) < 4.78 is 0. The minimum absolute atomic E-state index is 0.703. The van der Waals surface area contributed by atoms with E-state index in [-0.39, 0.29) is 0 Å². The first kappa shape index (κ1) is 17.4. The molecule has 4 rings (SSSR count). The molecule has 0 amide bonds. The summed E-state index contributed by atoms with van der Waals surface area (Å²) in [6, 6.07) is 20.9. The van der Waals surface area contributed by atoms with Crippen molar-refractivity contribution in [1.29, 1.82) is 0 Å². The Morgan fingerprint density at radius 2 is 1.44 bits per heavy atom. The average molecular weight is 372 g/mol. The zero-order chi connectivity index (χ0) is 18.8. The van der Waals surface area contributed by atoms with Crippen molar-refractivity contribution >= 4 is 17.3 Å². The molecule has 0 fully saturated rings. The minimum Gasteiger partial charge on any atom is -0.347 e. The van der Waals surface area contributed by atoms with E-state index >= 15 is 0 Å². The molecule has 0 aliphatic carbocycles. The van der Waals surface area contributed by atoms with E-state index in [0.29, 0.717) is 5.95 Å². The normalized spacial score (nSPS) is 10.8. The van der Waals surface area contributed by atoms with Gasteiger partial charge in [0.25, 0.3) is 0 Å². The Kier molecular flexibility index (Phi) is 4.69. The maximum absolute atomic E-state index is 4.78. The van der Waals surface area contributed by atoms with E-state index in [0.717, 1.165) is 26.8 Å². The van der Waals surface area contributed by atoms with Gasteiger partial charge in [-0.1, -0.05) is 54.6 Å². The van der Waals surface area contributed by atoms with Crippen molar-refractivity contribution < 1.29 is 0 Å². The van der Waals surface area contributed by atoms with Crippen LogP contribution in [-0.4, -0.2) is 29.0 Å². The van der Waals surface area contributed by atoms with Crippen LogP contribution in [0.3, 0.4) is 0 Å². The second kappa shape index (κ2) is 7.29. The fourth-order valence-electron chi connectivity index (χ4n) is 2.88. The van der Waals surface area contributed by atoms with Gasteiger partial charge in [0.05, 0.1) is 16.3 Å². The first-order valence-corrected chi connectivity index (χ1v) is 9.57. The van der Waals surface area contributed by atoms with Crippen LogP contribution in [-0.2, 0) is 0 Å². The van der Waals surface area contributed by atoms with E-state index < -0.39 is 0 Å². The fourth-order valence-corrected chi connectivity index (χ4v) is 3.93. The summed E-state index contributed by atoms with van der Waals surface area (Å²) in [5.74, 6) is 0.703. The second-order valence-electron chi connectivity index (χ2n) is 6.51. The Balaban J connectivity index is 1.66. The Morgan fingerprint density at radius 1 is 0.778 bits per heavy atom. The number of hydrogen-bond donors (Lipinski definition) is 0. The van der Waals surface area contributed by atoms with Gasteiger partial charge in [0.15, 0.2) is 0 Å². The maximum Gasteiger partial charge on any atom is 0.225 e. The molecule has 0 aliphatic rings. The minimum atomic E-state index is 0.703. The number of benzene rings is 2. The average Bonchev–Trinajstić information content (AvgIpc) is 3.10. The lowest BCUT2D eigenvalue weighted by atomic mass is 10.0. The smallest absolute Gasteiger partial charge is 0.225 e. The largest absolute Gasteiger partial charge is 0.347 e. The van der Waals surface area contributed by atoms with E-state index in [4.69, 9.17) is 4.98 Å². The van der Waals surface area contributed by atoms with Crippen LogP contribution in [0.2, 0.25) is 0 Å². The van der Waals surface area contributed by atoms with E-state index in [2.05, 4.69) is 58.5 Å². The van der Waals surface area contributed by atoms with Gasteiger partial charge in [-0.25, -0.2) is 15.0 Å². The van der Waals surface area contributed by atoms with Crippen LogP contribution in [0, 0.1) is 6.92 Å². The van der Waals surface area contributed by atoms with Gasteiger partial charge in [-0.3, -0.25) is 0 Å². The molecule has 4 aromatic rings. The van der Waals surface area contributed by atoms with Gasteiger partial charge >= 0.3 is 0 Å². The molecule has 27 heavy (non-hydrogen) atoms. The van der Waals surface area contributed by atoms with Crippen molar-refractivity contribution in [2.24, 2.45) is 0 Å². The third-order valence-corrected chi connectivity index (χ3v) is 5.54. The third-order valence-electron chi connectivity index (χ3n) is 4.31. The molecule has 0 saturated carbocycles. The predicted molar refractivity (Wildman–Crippen MR) is 113 cm³/mol. The van der Waals surface area contributed by atoms with Gasteiger partial charge in [0.1, 0.15) is 5.01 Å². The van der Waals surface area contributed by atoms with Crippen LogP contribution in [0.15, 0.2) is 66.9 Å². The Morgan fingerprint density at radius 3 is 2.15 bits per heavy atom. The standard InChI is InChI=1S/C22H20N4S/c1-15-20(19-13-14-23-22(25-19)26(2)3)27-21(24-15)18-11-9-17(10-12-18)16-7-5-4-6-8-16/h4-14H,1-3H3. The molecule has 2 heterocycles. The molecule has 4 nitrogen and oxygen atoms in total. The number of thiazole rings is 1. The van der Waals surface area contributed by atoms with Gasteiger partial charge in [-0.15, -0.1) is 11.3 Å². The molecule has 0 spiro atoms. The lowest BCUT2D eigenvalue weighted by molar-refractivity contribution is 1.00. The van der Waals surface area contributed by atoms with E-state index in [1.807, 2.05) is 38.1 Å². The van der Waals surface area contributed by atoms with E-state index in [1.54, 1.807) is 17.5 Å². The van der Waals surface area contributed by atoms with Crippen LogP contribution >= 0.6 is 11.3 Å². The molecule has 5 heteroatoms. The van der Waals surface area contributed by atoms with Crippen molar-refractivity contribution in [1.82, 2.24) is 15.0 Å². The highest BCUT2D eigenvalue weighted by Crippen LogP contribution is 2.35. The Hall–Kier alpha value is -3.05. The number of rotatable bonds is 4. The number of aromatic nitrogens is 3. The summed E-state index contributed by atoms with van der Waals surface area (Å²) in [5, 5.41) is 1.01. The number of aryl methyl sites for hydroxylation is 1. The predicted octanol–water partition coefficient (Wildman–Crippen LogP) is 5.31. The van der Waals surface area contributed by atoms with Gasteiger partial charge in [0.2, 0.25) is 5.95 Å². The molecule has 0 unspecified atom stereocenters. The molecule has 0 bridgehead atoms. The lowest BCUT2D eigenvalue weighted by Gasteiger charge is -2.10. The molecule has 0 aliphatic heterocycles. The molecule has 134 valence electrons. The highest BCUT2D eigenvalue weighted by Gasteiger charge is 2.14. The molecule has 0 N–H and O–H groups in total. The summed E-state index contributed by atoms with van der Waals surface area (Å²) in [5.41, 5.74) is 5.45. The van der Waals surface area contributed by atoms with E-state index in [1.165, 1.54) is 11.1 Å². The molecular formula is C22H20N4S. The molecule has 2 aromatic carbocycles.